The molecule has 2 atom stereocenters. The number of anilines is 1. The Morgan fingerprint density at radius 3 is 2.88 bits per heavy atom. The predicted molar refractivity (Wildman–Crippen MR) is 69.7 cm³/mol. The standard InChI is InChI=1S/C11H18BrN3O/c1-4-7(2)5-8(3)14-9-6-13-15-11(16)10(9)12/h6-8H,4-5H2,1-3H3,(H2,14,15,16). The smallest absolute Gasteiger partial charge is 0.280 e. The molecule has 0 radical (unpaired) electrons. The van der Waals surface area contributed by atoms with Crippen molar-refractivity contribution in [1.82, 2.24) is 10.2 Å². The normalized spacial score (nSPS) is 14.5. The summed E-state index contributed by atoms with van der Waals surface area (Å²) in [6.07, 6.45) is 3.87. The first-order valence-corrected chi connectivity index (χ1v) is 6.33. The van der Waals surface area contributed by atoms with E-state index in [0.717, 1.165) is 12.1 Å². The largest absolute Gasteiger partial charge is 0.380 e. The van der Waals surface area contributed by atoms with Gasteiger partial charge in [-0.15, -0.1) is 0 Å². The van der Waals surface area contributed by atoms with Gasteiger partial charge in [0.2, 0.25) is 0 Å². The molecule has 0 spiro atoms. The number of hydrogen-bond acceptors (Lipinski definition) is 3. The van der Waals surface area contributed by atoms with Crippen molar-refractivity contribution in [3.8, 4) is 0 Å². The van der Waals surface area contributed by atoms with E-state index in [0.29, 0.717) is 16.4 Å². The molecule has 0 amide bonds. The Labute approximate surface area is 104 Å². The molecule has 1 heterocycles. The van der Waals surface area contributed by atoms with Gasteiger partial charge in [0.15, 0.2) is 0 Å². The van der Waals surface area contributed by atoms with Crippen LogP contribution in [-0.4, -0.2) is 16.2 Å². The van der Waals surface area contributed by atoms with E-state index in [1.54, 1.807) is 6.20 Å². The summed E-state index contributed by atoms with van der Waals surface area (Å²) in [6, 6.07) is 0.329. The van der Waals surface area contributed by atoms with Crippen LogP contribution in [0.4, 0.5) is 5.69 Å². The topological polar surface area (TPSA) is 57.8 Å². The molecule has 1 aromatic rings. The van der Waals surface area contributed by atoms with Crippen LogP contribution in [0.5, 0.6) is 0 Å². The second-order valence-electron chi connectivity index (χ2n) is 4.22. The van der Waals surface area contributed by atoms with E-state index in [2.05, 4.69) is 52.2 Å². The lowest BCUT2D eigenvalue weighted by molar-refractivity contribution is 0.483. The van der Waals surface area contributed by atoms with Crippen LogP contribution in [0.3, 0.4) is 0 Å². The summed E-state index contributed by atoms with van der Waals surface area (Å²) in [6.45, 7) is 6.52. The summed E-state index contributed by atoms with van der Waals surface area (Å²) in [5.74, 6) is 0.677. The van der Waals surface area contributed by atoms with Gasteiger partial charge in [-0.1, -0.05) is 20.3 Å². The summed E-state index contributed by atoms with van der Waals surface area (Å²) >= 11 is 3.25. The van der Waals surface area contributed by atoms with Crippen molar-refractivity contribution in [1.29, 1.82) is 0 Å². The van der Waals surface area contributed by atoms with Crippen molar-refractivity contribution in [3.63, 3.8) is 0 Å². The van der Waals surface area contributed by atoms with Crippen molar-refractivity contribution < 1.29 is 0 Å². The minimum Gasteiger partial charge on any atom is -0.380 e. The quantitative estimate of drug-likeness (QED) is 0.876. The Balaban J connectivity index is 2.66. The zero-order valence-electron chi connectivity index (χ0n) is 9.88. The molecular formula is C11H18BrN3O. The molecule has 0 saturated carbocycles. The summed E-state index contributed by atoms with van der Waals surface area (Å²) in [7, 11) is 0. The van der Waals surface area contributed by atoms with Crippen LogP contribution in [0.1, 0.15) is 33.6 Å². The number of nitrogens with one attached hydrogen (secondary N) is 2. The minimum absolute atomic E-state index is 0.208. The highest BCUT2D eigenvalue weighted by Gasteiger charge is 2.10. The van der Waals surface area contributed by atoms with Gasteiger partial charge in [0.25, 0.3) is 5.56 Å². The van der Waals surface area contributed by atoms with Gasteiger partial charge in [0.1, 0.15) is 4.47 Å². The lowest BCUT2D eigenvalue weighted by atomic mass is 10.0. The molecule has 1 aromatic heterocycles. The number of aromatic nitrogens is 2. The van der Waals surface area contributed by atoms with Gasteiger partial charge in [-0.3, -0.25) is 4.79 Å². The second-order valence-corrected chi connectivity index (χ2v) is 5.01. The van der Waals surface area contributed by atoms with Gasteiger partial charge in [-0.05, 0) is 35.2 Å². The molecule has 0 aromatic carbocycles. The van der Waals surface area contributed by atoms with Gasteiger partial charge in [-0.2, -0.15) is 5.10 Å². The van der Waals surface area contributed by atoms with Crippen molar-refractivity contribution in [2.45, 2.75) is 39.7 Å². The molecule has 16 heavy (non-hydrogen) atoms. The zero-order chi connectivity index (χ0) is 12.1. The monoisotopic (exact) mass is 287 g/mol. The Bertz CT molecular complexity index is 391. The van der Waals surface area contributed by atoms with E-state index in [-0.39, 0.29) is 5.56 Å². The Kier molecular flexibility index (Phi) is 4.99. The van der Waals surface area contributed by atoms with Crippen LogP contribution < -0.4 is 10.9 Å². The van der Waals surface area contributed by atoms with Gasteiger partial charge in [0.05, 0.1) is 11.9 Å². The molecule has 0 saturated heterocycles. The third kappa shape index (κ3) is 3.63. The SMILES string of the molecule is CCC(C)CC(C)Nc1cn[nH]c(=O)c1Br. The number of halogens is 1. The molecule has 2 unspecified atom stereocenters. The lowest BCUT2D eigenvalue weighted by Crippen LogP contribution is -2.21. The van der Waals surface area contributed by atoms with Crippen LogP contribution in [0.15, 0.2) is 15.5 Å². The molecule has 90 valence electrons. The number of aromatic amines is 1. The van der Waals surface area contributed by atoms with Crippen LogP contribution in [0, 0.1) is 5.92 Å². The molecule has 5 heteroatoms. The third-order valence-electron chi connectivity index (χ3n) is 2.65. The minimum atomic E-state index is -0.208. The Morgan fingerprint density at radius 1 is 1.56 bits per heavy atom. The van der Waals surface area contributed by atoms with Crippen molar-refractivity contribution in [2.75, 3.05) is 5.32 Å². The molecule has 2 N–H and O–H groups in total. The second kappa shape index (κ2) is 6.03. The first kappa shape index (κ1) is 13.2. The number of H-pyrrole nitrogens is 1. The summed E-state index contributed by atoms with van der Waals surface area (Å²) < 4.78 is 0.513. The highest BCUT2D eigenvalue weighted by molar-refractivity contribution is 9.10. The first-order chi connectivity index (χ1) is 7.54. The number of hydrogen-bond donors (Lipinski definition) is 2. The van der Waals surface area contributed by atoms with Gasteiger partial charge >= 0.3 is 0 Å². The molecule has 0 aliphatic heterocycles. The van der Waals surface area contributed by atoms with Gasteiger partial charge < -0.3 is 5.32 Å². The van der Waals surface area contributed by atoms with E-state index in [1.165, 1.54) is 6.42 Å². The molecule has 0 aliphatic carbocycles. The van der Waals surface area contributed by atoms with Crippen molar-refractivity contribution in [3.05, 3.63) is 21.0 Å². The van der Waals surface area contributed by atoms with Crippen LogP contribution in [-0.2, 0) is 0 Å². The highest BCUT2D eigenvalue weighted by Crippen LogP contribution is 2.19. The molecule has 1 rings (SSSR count). The van der Waals surface area contributed by atoms with E-state index < -0.39 is 0 Å². The van der Waals surface area contributed by atoms with E-state index in [4.69, 9.17) is 0 Å². The molecule has 0 bridgehead atoms. The predicted octanol–water partition coefficient (Wildman–Crippen LogP) is 2.77. The Morgan fingerprint density at radius 2 is 2.25 bits per heavy atom. The van der Waals surface area contributed by atoms with Gasteiger partial charge in [-0.25, -0.2) is 5.10 Å². The maximum absolute atomic E-state index is 11.3. The number of nitrogens with zero attached hydrogens (tertiary/aromatic N) is 1. The summed E-state index contributed by atoms with van der Waals surface area (Å²) in [5, 5.41) is 9.43. The fourth-order valence-corrected chi connectivity index (χ4v) is 1.88. The average molecular weight is 288 g/mol. The number of rotatable bonds is 5. The fraction of sp³-hybridized carbons (Fsp3) is 0.636. The van der Waals surface area contributed by atoms with Gasteiger partial charge in [0, 0.05) is 6.04 Å². The highest BCUT2D eigenvalue weighted by atomic mass is 79.9. The third-order valence-corrected chi connectivity index (χ3v) is 3.44. The Hall–Kier alpha value is -0.840. The maximum atomic E-state index is 11.3. The van der Waals surface area contributed by atoms with Crippen molar-refractivity contribution in [2.24, 2.45) is 5.92 Å². The maximum Gasteiger partial charge on any atom is 0.280 e. The van der Waals surface area contributed by atoms with E-state index in [9.17, 15) is 4.79 Å². The summed E-state index contributed by atoms with van der Waals surface area (Å²) in [5.41, 5.74) is 0.542. The van der Waals surface area contributed by atoms with Crippen LogP contribution >= 0.6 is 15.9 Å². The van der Waals surface area contributed by atoms with E-state index in [1.807, 2.05) is 0 Å². The van der Waals surface area contributed by atoms with Crippen LogP contribution in [0.25, 0.3) is 0 Å². The van der Waals surface area contributed by atoms with Crippen molar-refractivity contribution >= 4 is 21.6 Å². The van der Waals surface area contributed by atoms with Crippen LogP contribution in [0.2, 0.25) is 0 Å². The lowest BCUT2D eigenvalue weighted by Gasteiger charge is -2.18. The zero-order valence-corrected chi connectivity index (χ0v) is 11.5. The molecular weight excluding hydrogens is 270 g/mol. The fourth-order valence-electron chi connectivity index (χ4n) is 1.58. The first-order valence-electron chi connectivity index (χ1n) is 5.54. The molecule has 0 fully saturated rings. The molecule has 0 aliphatic rings. The molecule has 4 nitrogen and oxygen atoms in total. The van der Waals surface area contributed by atoms with E-state index >= 15 is 0 Å². The average Bonchev–Trinajstić information content (AvgIpc) is 2.24. The summed E-state index contributed by atoms with van der Waals surface area (Å²) in [4.78, 5) is 11.3.